The molecule has 0 bridgehead atoms. The van der Waals surface area contributed by atoms with Gasteiger partial charge in [-0.15, -0.1) is 0 Å². The molecule has 1 N–H and O–H groups in total. The van der Waals surface area contributed by atoms with E-state index in [2.05, 4.69) is 5.32 Å². The largest absolute Gasteiger partial charge is 0.493 e. The maximum atomic E-state index is 13.7. The summed E-state index contributed by atoms with van der Waals surface area (Å²) in [5, 5.41) is 3.84. The van der Waals surface area contributed by atoms with Crippen molar-refractivity contribution in [3.05, 3.63) is 93.5 Å². The molecule has 196 valence electrons. The molecule has 3 aromatic rings. The number of likely N-dealkylation sites (N-methyl/N-ethyl adjacent to an activating group) is 1. The van der Waals surface area contributed by atoms with E-state index in [0.29, 0.717) is 46.5 Å². The van der Waals surface area contributed by atoms with Gasteiger partial charge in [0.15, 0.2) is 11.5 Å². The second-order valence-electron chi connectivity index (χ2n) is 8.55. The highest BCUT2D eigenvalue weighted by atomic mass is 35.5. The molecular weight excluding hydrogens is 511 g/mol. The highest BCUT2D eigenvalue weighted by Gasteiger charge is 2.30. The van der Waals surface area contributed by atoms with Gasteiger partial charge in [0.2, 0.25) is 11.8 Å². The van der Waals surface area contributed by atoms with Crippen molar-refractivity contribution < 1.29 is 19.1 Å². The smallest absolute Gasteiger partial charge is 0.243 e. The Morgan fingerprint density at radius 2 is 1.65 bits per heavy atom. The van der Waals surface area contributed by atoms with Crippen molar-refractivity contribution in [2.24, 2.45) is 0 Å². The summed E-state index contributed by atoms with van der Waals surface area (Å²) in [6.45, 7) is 2.49. The first kappa shape index (κ1) is 28.4. The van der Waals surface area contributed by atoms with Crippen LogP contribution in [0.5, 0.6) is 11.5 Å². The van der Waals surface area contributed by atoms with Crippen LogP contribution < -0.4 is 14.8 Å². The molecule has 0 radical (unpaired) electrons. The number of nitrogens with zero attached hydrogens (tertiary/aromatic N) is 1. The number of carbonyl (C=O) groups excluding carboxylic acids is 2. The van der Waals surface area contributed by atoms with Gasteiger partial charge in [0.25, 0.3) is 0 Å². The Morgan fingerprint density at radius 3 is 2.30 bits per heavy atom. The Balaban J connectivity index is 1.91. The van der Waals surface area contributed by atoms with Gasteiger partial charge < -0.3 is 19.7 Å². The van der Waals surface area contributed by atoms with E-state index in [0.717, 1.165) is 11.1 Å². The number of methoxy groups -OCH3 is 2. The lowest BCUT2D eigenvalue weighted by Crippen LogP contribution is -2.50. The zero-order chi connectivity index (χ0) is 26.8. The van der Waals surface area contributed by atoms with Gasteiger partial charge in [-0.25, -0.2) is 0 Å². The average molecular weight is 543 g/mol. The van der Waals surface area contributed by atoms with Gasteiger partial charge in [-0.1, -0.05) is 65.7 Å². The minimum atomic E-state index is -0.716. The third-order valence-electron chi connectivity index (χ3n) is 6.05. The molecule has 3 aromatic carbocycles. The van der Waals surface area contributed by atoms with Crippen molar-refractivity contribution in [2.45, 2.75) is 38.8 Å². The van der Waals surface area contributed by atoms with Crippen LogP contribution in [-0.2, 0) is 29.0 Å². The average Bonchev–Trinajstić information content (AvgIpc) is 2.90. The van der Waals surface area contributed by atoms with E-state index in [1.54, 1.807) is 37.3 Å². The van der Waals surface area contributed by atoms with Crippen LogP contribution >= 0.6 is 23.2 Å². The van der Waals surface area contributed by atoms with Crippen LogP contribution in [0.2, 0.25) is 10.0 Å². The molecule has 0 saturated heterocycles. The summed E-state index contributed by atoms with van der Waals surface area (Å²) in [5.41, 5.74) is 2.60. The summed E-state index contributed by atoms with van der Waals surface area (Å²) in [4.78, 5) is 28.6. The Bertz CT molecular complexity index is 1200. The van der Waals surface area contributed by atoms with Crippen LogP contribution in [0.25, 0.3) is 0 Å². The van der Waals surface area contributed by atoms with Gasteiger partial charge in [-0.3, -0.25) is 9.59 Å². The maximum Gasteiger partial charge on any atom is 0.243 e. The van der Waals surface area contributed by atoms with Crippen LogP contribution in [0.4, 0.5) is 0 Å². The summed E-state index contributed by atoms with van der Waals surface area (Å²) in [7, 11) is 3.15. The third kappa shape index (κ3) is 7.88. The molecule has 0 aromatic heterocycles. The number of aryl methyl sites for hydroxylation is 1. The molecule has 1 atom stereocenters. The summed E-state index contributed by atoms with van der Waals surface area (Å²) >= 11 is 12.6. The SMILES string of the molecule is CCNC(=O)C(Cc1ccccc1)N(Cc1ccc(Cl)cc1Cl)C(=O)CCc1ccc(OC)c(OC)c1. The van der Waals surface area contributed by atoms with Crippen LogP contribution in [0, 0.1) is 0 Å². The number of hydrogen-bond acceptors (Lipinski definition) is 4. The molecule has 1 unspecified atom stereocenters. The molecule has 37 heavy (non-hydrogen) atoms. The van der Waals surface area contributed by atoms with Crippen molar-refractivity contribution in [3.8, 4) is 11.5 Å². The lowest BCUT2D eigenvalue weighted by Gasteiger charge is -2.32. The molecule has 0 spiro atoms. The number of benzene rings is 3. The summed E-state index contributed by atoms with van der Waals surface area (Å²) in [5.74, 6) is 0.848. The molecule has 8 heteroatoms. The van der Waals surface area contributed by atoms with Gasteiger partial charge in [-0.05, 0) is 54.3 Å². The topological polar surface area (TPSA) is 67.9 Å². The number of ether oxygens (including phenoxy) is 2. The monoisotopic (exact) mass is 542 g/mol. The second kappa shape index (κ2) is 13.9. The molecule has 2 amide bonds. The third-order valence-corrected chi connectivity index (χ3v) is 6.64. The highest BCUT2D eigenvalue weighted by Crippen LogP contribution is 2.29. The Kier molecular flexibility index (Phi) is 10.7. The lowest BCUT2D eigenvalue weighted by atomic mass is 10.0. The van der Waals surface area contributed by atoms with E-state index in [9.17, 15) is 9.59 Å². The van der Waals surface area contributed by atoms with Crippen LogP contribution in [-0.4, -0.2) is 43.5 Å². The number of hydrogen-bond donors (Lipinski definition) is 1. The minimum Gasteiger partial charge on any atom is -0.493 e. The van der Waals surface area contributed by atoms with E-state index in [1.807, 2.05) is 55.5 Å². The predicted octanol–water partition coefficient (Wildman–Crippen LogP) is 5.72. The first-order valence-corrected chi connectivity index (χ1v) is 12.9. The van der Waals surface area contributed by atoms with Gasteiger partial charge >= 0.3 is 0 Å². The second-order valence-corrected chi connectivity index (χ2v) is 9.39. The van der Waals surface area contributed by atoms with E-state index in [4.69, 9.17) is 32.7 Å². The molecule has 0 heterocycles. The highest BCUT2D eigenvalue weighted by molar-refractivity contribution is 6.35. The normalized spacial score (nSPS) is 11.5. The number of carbonyl (C=O) groups is 2. The summed E-state index contributed by atoms with van der Waals surface area (Å²) in [6.07, 6.45) is 1.04. The zero-order valence-electron chi connectivity index (χ0n) is 21.3. The Labute approximate surface area is 228 Å². The van der Waals surface area contributed by atoms with Gasteiger partial charge in [0, 0.05) is 36.0 Å². The summed E-state index contributed by atoms with van der Waals surface area (Å²) in [6, 6.07) is 19.7. The fourth-order valence-electron chi connectivity index (χ4n) is 4.11. The molecular formula is C29H32Cl2N2O4. The molecule has 0 saturated carbocycles. The fraction of sp³-hybridized carbons (Fsp3) is 0.310. The quantitative estimate of drug-likeness (QED) is 0.317. The fourth-order valence-corrected chi connectivity index (χ4v) is 4.58. The molecule has 6 nitrogen and oxygen atoms in total. The first-order valence-electron chi connectivity index (χ1n) is 12.1. The zero-order valence-corrected chi connectivity index (χ0v) is 22.8. The number of halogens is 2. The van der Waals surface area contributed by atoms with E-state index < -0.39 is 6.04 Å². The van der Waals surface area contributed by atoms with Crippen molar-refractivity contribution in [1.82, 2.24) is 10.2 Å². The molecule has 3 rings (SSSR count). The van der Waals surface area contributed by atoms with Gasteiger partial charge in [0.1, 0.15) is 6.04 Å². The maximum absolute atomic E-state index is 13.7. The van der Waals surface area contributed by atoms with Crippen molar-refractivity contribution in [2.75, 3.05) is 20.8 Å². The predicted molar refractivity (Wildman–Crippen MR) is 147 cm³/mol. The lowest BCUT2D eigenvalue weighted by molar-refractivity contribution is -0.141. The Morgan fingerprint density at radius 1 is 0.919 bits per heavy atom. The number of nitrogens with one attached hydrogen (secondary N) is 1. The molecule has 0 aliphatic rings. The molecule has 0 fully saturated rings. The first-order chi connectivity index (χ1) is 17.9. The molecule has 0 aliphatic heterocycles. The van der Waals surface area contributed by atoms with Crippen molar-refractivity contribution in [1.29, 1.82) is 0 Å². The Hall–Kier alpha value is -3.22. The van der Waals surface area contributed by atoms with E-state index in [1.165, 1.54) is 0 Å². The standard InChI is InChI=1S/C29H32Cl2N2O4/c1-4-32-29(35)25(16-20-8-6-5-7-9-20)33(19-22-12-13-23(30)18-24(22)31)28(34)15-11-21-10-14-26(36-2)27(17-21)37-3/h5-10,12-14,17-18,25H,4,11,15-16,19H2,1-3H3,(H,32,35). The summed E-state index contributed by atoms with van der Waals surface area (Å²) < 4.78 is 10.7. The minimum absolute atomic E-state index is 0.159. The van der Waals surface area contributed by atoms with Crippen molar-refractivity contribution in [3.63, 3.8) is 0 Å². The van der Waals surface area contributed by atoms with Crippen LogP contribution in [0.3, 0.4) is 0 Å². The van der Waals surface area contributed by atoms with Crippen molar-refractivity contribution >= 4 is 35.0 Å². The van der Waals surface area contributed by atoms with E-state index >= 15 is 0 Å². The van der Waals surface area contributed by atoms with Gasteiger partial charge in [0.05, 0.1) is 14.2 Å². The number of rotatable bonds is 12. The van der Waals surface area contributed by atoms with Crippen LogP contribution in [0.1, 0.15) is 30.0 Å². The van der Waals surface area contributed by atoms with Gasteiger partial charge in [-0.2, -0.15) is 0 Å². The van der Waals surface area contributed by atoms with E-state index in [-0.39, 0.29) is 24.8 Å². The van der Waals surface area contributed by atoms with Crippen LogP contribution in [0.15, 0.2) is 66.7 Å². The molecule has 0 aliphatic carbocycles. The number of amides is 2.